The van der Waals surface area contributed by atoms with Crippen LogP contribution in [-0.4, -0.2) is 5.91 Å². The number of halogens is 4. The summed E-state index contributed by atoms with van der Waals surface area (Å²) >= 11 is 22.5. The highest BCUT2D eigenvalue weighted by Gasteiger charge is 2.14. The summed E-state index contributed by atoms with van der Waals surface area (Å²) in [7, 11) is 0. The fraction of sp³-hybridized carbons (Fsp3) is 0.0833. The van der Waals surface area contributed by atoms with Crippen LogP contribution in [-0.2, 0) is 0 Å². The molecule has 1 aromatic heterocycles. The average Bonchev–Trinajstić information content (AvgIpc) is 2.67. The third kappa shape index (κ3) is 3.44. The van der Waals surface area contributed by atoms with Gasteiger partial charge in [-0.3, -0.25) is 4.79 Å². The molecular formula is C12H7BrCl3NOS. The van der Waals surface area contributed by atoms with Crippen LogP contribution in [0.25, 0.3) is 0 Å². The minimum atomic E-state index is -0.237. The van der Waals surface area contributed by atoms with E-state index < -0.39 is 0 Å². The first-order valence-corrected chi connectivity index (χ1v) is 7.84. The highest BCUT2D eigenvalue weighted by Crippen LogP contribution is 2.33. The van der Waals surface area contributed by atoms with Crippen LogP contribution in [0.15, 0.2) is 22.0 Å². The van der Waals surface area contributed by atoms with E-state index >= 15 is 0 Å². The van der Waals surface area contributed by atoms with Crippen molar-refractivity contribution in [1.29, 1.82) is 0 Å². The molecule has 100 valence electrons. The first-order chi connectivity index (χ1) is 8.88. The molecule has 1 heterocycles. The summed E-state index contributed by atoms with van der Waals surface area (Å²) in [6, 6.07) is 4.83. The molecule has 0 aliphatic carbocycles. The SMILES string of the molecule is Cc1cc(C(=O)Nc2cc(Cl)c(Cl)cc2Cl)sc1Br. The maximum Gasteiger partial charge on any atom is 0.265 e. The zero-order valence-corrected chi connectivity index (χ0v) is 14.2. The molecule has 0 bridgehead atoms. The molecule has 0 saturated carbocycles. The van der Waals surface area contributed by atoms with Crippen molar-refractivity contribution in [3.63, 3.8) is 0 Å². The van der Waals surface area contributed by atoms with Crippen molar-refractivity contribution in [2.45, 2.75) is 6.92 Å². The molecule has 1 amide bonds. The second-order valence-corrected chi connectivity index (χ2v) is 7.36. The Labute approximate surface area is 137 Å². The lowest BCUT2D eigenvalue weighted by Crippen LogP contribution is -2.10. The maximum absolute atomic E-state index is 12.1. The van der Waals surface area contributed by atoms with Crippen LogP contribution in [0, 0.1) is 6.92 Å². The highest BCUT2D eigenvalue weighted by molar-refractivity contribution is 9.11. The smallest absolute Gasteiger partial charge is 0.265 e. The minimum Gasteiger partial charge on any atom is -0.320 e. The standard InChI is InChI=1S/C12H7BrCl3NOS/c1-5-2-10(19-11(5)13)12(18)17-9-4-7(15)6(14)3-8(9)16/h2-4H,1H3,(H,17,18). The zero-order chi connectivity index (χ0) is 14.2. The number of nitrogens with one attached hydrogen (secondary N) is 1. The lowest BCUT2D eigenvalue weighted by molar-refractivity contribution is 0.103. The third-order valence-corrected chi connectivity index (χ3v) is 5.51. The largest absolute Gasteiger partial charge is 0.320 e. The Bertz CT molecular complexity index is 637. The summed E-state index contributed by atoms with van der Waals surface area (Å²) in [6.45, 7) is 1.92. The first-order valence-electron chi connectivity index (χ1n) is 5.10. The van der Waals surface area contributed by atoms with Crippen molar-refractivity contribution < 1.29 is 4.79 Å². The van der Waals surface area contributed by atoms with Crippen molar-refractivity contribution in [2.24, 2.45) is 0 Å². The molecule has 0 unspecified atom stereocenters. The number of anilines is 1. The maximum atomic E-state index is 12.1. The second kappa shape index (κ2) is 6.02. The molecule has 0 fully saturated rings. The second-order valence-electron chi connectivity index (χ2n) is 3.77. The van der Waals surface area contributed by atoms with Gasteiger partial charge in [-0.05, 0) is 46.6 Å². The van der Waals surface area contributed by atoms with Gasteiger partial charge in [0.25, 0.3) is 5.91 Å². The number of amides is 1. The Morgan fingerprint density at radius 2 is 1.79 bits per heavy atom. The first kappa shape index (κ1) is 15.1. The molecule has 0 radical (unpaired) electrons. The number of hydrogen-bond donors (Lipinski definition) is 1. The molecular weight excluding hydrogens is 392 g/mol. The number of aryl methyl sites for hydroxylation is 1. The number of benzene rings is 1. The van der Waals surface area contributed by atoms with Crippen LogP contribution in [0.2, 0.25) is 15.1 Å². The molecule has 0 atom stereocenters. The highest BCUT2D eigenvalue weighted by atomic mass is 79.9. The quantitative estimate of drug-likeness (QED) is 0.614. The van der Waals surface area contributed by atoms with Crippen molar-refractivity contribution in [2.75, 3.05) is 5.32 Å². The fourth-order valence-corrected chi connectivity index (χ4v) is 3.40. The van der Waals surface area contributed by atoms with Crippen LogP contribution in [0.4, 0.5) is 5.69 Å². The summed E-state index contributed by atoms with van der Waals surface area (Å²) in [6.07, 6.45) is 0. The van der Waals surface area contributed by atoms with E-state index in [-0.39, 0.29) is 5.91 Å². The average molecular weight is 400 g/mol. The molecule has 19 heavy (non-hydrogen) atoms. The van der Waals surface area contributed by atoms with Gasteiger partial charge in [0.05, 0.1) is 29.4 Å². The van der Waals surface area contributed by atoms with Gasteiger partial charge in [0.1, 0.15) is 0 Å². The summed E-state index contributed by atoms with van der Waals surface area (Å²) < 4.78 is 0.929. The van der Waals surface area contributed by atoms with Gasteiger partial charge in [-0.25, -0.2) is 0 Å². The van der Waals surface area contributed by atoms with Gasteiger partial charge in [0.15, 0.2) is 0 Å². The number of carbonyl (C=O) groups excluding carboxylic acids is 1. The number of rotatable bonds is 2. The monoisotopic (exact) mass is 397 g/mol. The van der Waals surface area contributed by atoms with Crippen LogP contribution < -0.4 is 5.32 Å². The summed E-state index contributed by atoms with van der Waals surface area (Å²) in [5, 5.41) is 3.74. The van der Waals surface area contributed by atoms with Gasteiger partial charge in [-0.1, -0.05) is 34.8 Å². The summed E-state index contributed by atoms with van der Waals surface area (Å²) in [5.41, 5.74) is 1.44. The summed E-state index contributed by atoms with van der Waals surface area (Å²) in [4.78, 5) is 12.7. The van der Waals surface area contributed by atoms with E-state index in [4.69, 9.17) is 34.8 Å². The fourth-order valence-electron chi connectivity index (χ4n) is 1.37. The lowest BCUT2D eigenvalue weighted by Gasteiger charge is -2.07. The van der Waals surface area contributed by atoms with E-state index in [0.717, 1.165) is 9.35 Å². The van der Waals surface area contributed by atoms with Gasteiger partial charge < -0.3 is 5.32 Å². The molecule has 2 nitrogen and oxygen atoms in total. The van der Waals surface area contributed by atoms with Crippen molar-refractivity contribution in [3.8, 4) is 0 Å². The molecule has 0 spiro atoms. The van der Waals surface area contributed by atoms with Crippen molar-refractivity contribution in [1.82, 2.24) is 0 Å². The van der Waals surface area contributed by atoms with Gasteiger partial charge in [-0.2, -0.15) is 0 Å². The Kier molecular flexibility index (Phi) is 4.79. The van der Waals surface area contributed by atoms with Gasteiger partial charge in [0.2, 0.25) is 0 Å². The van der Waals surface area contributed by atoms with E-state index in [1.165, 1.54) is 23.5 Å². The third-order valence-electron chi connectivity index (χ3n) is 2.34. The summed E-state index contributed by atoms with van der Waals surface area (Å²) in [5.74, 6) is -0.237. The number of carbonyl (C=O) groups is 1. The van der Waals surface area contributed by atoms with E-state index in [9.17, 15) is 4.79 Å². The normalized spacial score (nSPS) is 10.6. The van der Waals surface area contributed by atoms with Crippen molar-refractivity contribution in [3.05, 3.63) is 47.5 Å². The molecule has 1 aromatic carbocycles. The van der Waals surface area contributed by atoms with E-state index in [2.05, 4.69) is 21.2 Å². The van der Waals surface area contributed by atoms with Gasteiger partial charge in [0, 0.05) is 0 Å². The molecule has 0 saturated heterocycles. The van der Waals surface area contributed by atoms with Crippen LogP contribution in [0.1, 0.15) is 15.2 Å². The van der Waals surface area contributed by atoms with Gasteiger partial charge >= 0.3 is 0 Å². The Hall–Kier alpha value is -0.260. The molecule has 7 heteroatoms. The molecule has 2 rings (SSSR count). The Balaban J connectivity index is 2.26. The number of hydrogen-bond acceptors (Lipinski definition) is 2. The van der Waals surface area contributed by atoms with Crippen LogP contribution in [0.5, 0.6) is 0 Å². The van der Waals surface area contributed by atoms with Crippen LogP contribution in [0.3, 0.4) is 0 Å². The molecule has 0 aliphatic rings. The molecule has 1 N–H and O–H groups in total. The van der Waals surface area contributed by atoms with E-state index in [0.29, 0.717) is 25.6 Å². The lowest BCUT2D eigenvalue weighted by atomic mass is 10.3. The predicted octanol–water partition coefficient (Wildman–Crippen LogP) is 6.03. The Morgan fingerprint density at radius 1 is 1.16 bits per heavy atom. The van der Waals surface area contributed by atoms with Crippen LogP contribution >= 0.6 is 62.1 Å². The number of thiophene rings is 1. The molecule has 2 aromatic rings. The molecule has 0 aliphatic heterocycles. The minimum absolute atomic E-state index is 0.237. The topological polar surface area (TPSA) is 29.1 Å². The van der Waals surface area contributed by atoms with E-state index in [1.807, 2.05) is 6.92 Å². The van der Waals surface area contributed by atoms with Crippen molar-refractivity contribution >= 4 is 73.7 Å². The van der Waals surface area contributed by atoms with E-state index in [1.54, 1.807) is 6.07 Å². The zero-order valence-electron chi connectivity index (χ0n) is 9.56. The predicted molar refractivity (Wildman–Crippen MR) is 86.2 cm³/mol. The van der Waals surface area contributed by atoms with Gasteiger partial charge in [-0.15, -0.1) is 11.3 Å². The Morgan fingerprint density at radius 3 is 2.37 bits per heavy atom.